The lowest BCUT2D eigenvalue weighted by Gasteiger charge is -2.23. The Balaban J connectivity index is 2.37. The Morgan fingerprint density at radius 1 is 1.27 bits per heavy atom. The van der Waals surface area contributed by atoms with E-state index in [1.165, 1.54) is 0 Å². The SMILES string of the molecule is C[C@@H]1OCO[C@H]1CC(C)(C)C. The maximum Gasteiger partial charge on any atom is 0.147 e. The molecule has 0 unspecified atom stereocenters. The minimum Gasteiger partial charge on any atom is -0.350 e. The van der Waals surface area contributed by atoms with Crippen molar-refractivity contribution in [1.29, 1.82) is 0 Å². The summed E-state index contributed by atoms with van der Waals surface area (Å²) >= 11 is 0. The Hall–Kier alpha value is -0.0800. The molecule has 0 aromatic heterocycles. The van der Waals surface area contributed by atoms with Crippen LogP contribution in [0.4, 0.5) is 0 Å². The first-order valence-electron chi connectivity index (χ1n) is 4.22. The van der Waals surface area contributed by atoms with Crippen LogP contribution in [0, 0.1) is 5.41 Å². The van der Waals surface area contributed by atoms with Gasteiger partial charge in [0.25, 0.3) is 0 Å². The molecule has 0 bridgehead atoms. The summed E-state index contributed by atoms with van der Waals surface area (Å²) in [7, 11) is 0. The molecule has 0 radical (unpaired) electrons. The molecule has 1 heterocycles. The summed E-state index contributed by atoms with van der Waals surface area (Å²) in [5.41, 5.74) is 0.340. The number of hydrogen-bond acceptors (Lipinski definition) is 2. The van der Waals surface area contributed by atoms with Crippen LogP contribution >= 0.6 is 0 Å². The van der Waals surface area contributed by atoms with Crippen molar-refractivity contribution in [2.45, 2.75) is 46.3 Å². The quantitative estimate of drug-likeness (QED) is 0.582. The van der Waals surface area contributed by atoms with E-state index in [0.717, 1.165) is 6.42 Å². The molecule has 2 heteroatoms. The van der Waals surface area contributed by atoms with E-state index in [1.807, 2.05) is 0 Å². The second-order valence-electron chi connectivity index (χ2n) is 4.46. The average molecular weight is 158 g/mol. The standard InChI is InChI=1S/C9H18O2/c1-7-8(11-6-10-7)5-9(2,3)4/h7-8H,5-6H2,1-4H3/t7-,8-/m0/s1. The van der Waals surface area contributed by atoms with Gasteiger partial charge in [0.1, 0.15) is 6.79 Å². The van der Waals surface area contributed by atoms with Gasteiger partial charge in [-0.25, -0.2) is 0 Å². The van der Waals surface area contributed by atoms with Gasteiger partial charge in [0.2, 0.25) is 0 Å². The molecule has 0 N–H and O–H groups in total. The van der Waals surface area contributed by atoms with Gasteiger partial charge in [-0.1, -0.05) is 20.8 Å². The maximum absolute atomic E-state index is 5.42. The van der Waals surface area contributed by atoms with Crippen LogP contribution in [-0.4, -0.2) is 19.0 Å². The molecule has 1 aliphatic heterocycles. The Bertz CT molecular complexity index is 126. The van der Waals surface area contributed by atoms with Crippen LogP contribution < -0.4 is 0 Å². The van der Waals surface area contributed by atoms with E-state index in [1.54, 1.807) is 0 Å². The topological polar surface area (TPSA) is 18.5 Å². The van der Waals surface area contributed by atoms with Gasteiger partial charge >= 0.3 is 0 Å². The number of hydrogen-bond donors (Lipinski definition) is 0. The van der Waals surface area contributed by atoms with E-state index in [-0.39, 0.29) is 6.10 Å². The van der Waals surface area contributed by atoms with E-state index in [0.29, 0.717) is 18.3 Å². The van der Waals surface area contributed by atoms with Crippen LogP contribution in [0.3, 0.4) is 0 Å². The second kappa shape index (κ2) is 3.11. The van der Waals surface area contributed by atoms with Crippen molar-refractivity contribution in [2.24, 2.45) is 5.41 Å². The lowest BCUT2D eigenvalue weighted by molar-refractivity contribution is 0.0329. The average Bonchev–Trinajstić information content (AvgIpc) is 2.12. The fourth-order valence-electron chi connectivity index (χ4n) is 1.31. The fraction of sp³-hybridized carbons (Fsp3) is 1.00. The Morgan fingerprint density at radius 3 is 2.27 bits per heavy atom. The van der Waals surface area contributed by atoms with Crippen LogP contribution in [-0.2, 0) is 9.47 Å². The first-order valence-corrected chi connectivity index (χ1v) is 4.22. The van der Waals surface area contributed by atoms with Gasteiger partial charge in [-0.05, 0) is 18.8 Å². The van der Waals surface area contributed by atoms with Crippen molar-refractivity contribution in [1.82, 2.24) is 0 Å². The van der Waals surface area contributed by atoms with Crippen LogP contribution in [0.2, 0.25) is 0 Å². The second-order valence-corrected chi connectivity index (χ2v) is 4.46. The summed E-state index contributed by atoms with van der Waals surface area (Å²) in [4.78, 5) is 0. The van der Waals surface area contributed by atoms with Gasteiger partial charge in [-0.3, -0.25) is 0 Å². The summed E-state index contributed by atoms with van der Waals surface area (Å²) in [5, 5.41) is 0. The molecule has 66 valence electrons. The van der Waals surface area contributed by atoms with Gasteiger partial charge in [0, 0.05) is 0 Å². The van der Waals surface area contributed by atoms with E-state index >= 15 is 0 Å². The molecule has 1 rings (SSSR count). The van der Waals surface area contributed by atoms with Gasteiger partial charge in [0.05, 0.1) is 12.2 Å². The normalized spacial score (nSPS) is 32.7. The summed E-state index contributed by atoms with van der Waals surface area (Å²) < 4.78 is 10.7. The highest BCUT2D eigenvalue weighted by molar-refractivity contribution is 4.76. The predicted molar refractivity (Wildman–Crippen MR) is 44.4 cm³/mol. The highest BCUT2D eigenvalue weighted by Crippen LogP contribution is 2.27. The van der Waals surface area contributed by atoms with Gasteiger partial charge in [-0.15, -0.1) is 0 Å². The molecular weight excluding hydrogens is 140 g/mol. The summed E-state index contributed by atoms with van der Waals surface area (Å²) in [6.07, 6.45) is 1.65. The minimum absolute atomic E-state index is 0.272. The zero-order valence-electron chi connectivity index (χ0n) is 7.89. The molecule has 2 atom stereocenters. The Kier molecular flexibility index (Phi) is 2.55. The third-order valence-corrected chi connectivity index (χ3v) is 1.95. The monoisotopic (exact) mass is 158 g/mol. The van der Waals surface area contributed by atoms with E-state index in [2.05, 4.69) is 27.7 Å². The maximum atomic E-state index is 5.42. The van der Waals surface area contributed by atoms with Crippen molar-refractivity contribution in [3.63, 3.8) is 0 Å². The molecule has 1 fully saturated rings. The van der Waals surface area contributed by atoms with Gasteiger partial charge in [0.15, 0.2) is 0 Å². The molecule has 0 aromatic rings. The first-order chi connectivity index (χ1) is 4.99. The van der Waals surface area contributed by atoms with Crippen LogP contribution in [0.1, 0.15) is 34.1 Å². The van der Waals surface area contributed by atoms with E-state index < -0.39 is 0 Å². The number of rotatable bonds is 1. The van der Waals surface area contributed by atoms with Crippen molar-refractivity contribution >= 4 is 0 Å². The molecule has 0 saturated carbocycles. The smallest absolute Gasteiger partial charge is 0.147 e. The molecule has 11 heavy (non-hydrogen) atoms. The molecular formula is C9H18O2. The van der Waals surface area contributed by atoms with Crippen LogP contribution in [0.25, 0.3) is 0 Å². The third-order valence-electron chi connectivity index (χ3n) is 1.95. The predicted octanol–water partition coefficient (Wildman–Crippen LogP) is 2.18. The molecule has 1 aliphatic rings. The molecule has 0 aliphatic carbocycles. The molecule has 1 saturated heterocycles. The lowest BCUT2D eigenvalue weighted by Crippen LogP contribution is -2.25. The Labute approximate surface area is 68.9 Å². The fourth-order valence-corrected chi connectivity index (χ4v) is 1.31. The zero-order chi connectivity index (χ0) is 8.48. The van der Waals surface area contributed by atoms with E-state index in [9.17, 15) is 0 Å². The zero-order valence-corrected chi connectivity index (χ0v) is 7.89. The summed E-state index contributed by atoms with van der Waals surface area (Å²) in [6, 6.07) is 0. The van der Waals surface area contributed by atoms with Gasteiger partial charge in [-0.2, -0.15) is 0 Å². The molecule has 0 spiro atoms. The minimum atomic E-state index is 0.272. The summed E-state index contributed by atoms with van der Waals surface area (Å²) in [5.74, 6) is 0. The largest absolute Gasteiger partial charge is 0.350 e. The van der Waals surface area contributed by atoms with Crippen LogP contribution in [0.15, 0.2) is 0 Å². The van der Waals surface area contributed by atoms with Crippen molar-refractivity contribution in [2.75, 3.05) is 6.79 Å². The number of ether oxygens (including phenoxy) is 2. The van der Waals surface area contributed by atoms with Crippen molar-refractivity contribution < 1.29 is 9.47 Å². The van der Waals surface area contributed by atoms with Gasteiger partial charge < -0.3 is 9.47 Å². The first kappa shape index (κ1) is 9.01. The highest BCUT2D eigenvalue weighted by atomic mass is 16.7. The molecule has 0 aromatic carbocycles. The Morgan fingerprint density at radius 2 is 1.91 bits per heavy atom. The third kappa shape index (κ3) is 2.80. The van der Waals surface area contributed by atoms with Crippen LogP contribution in [0.5, 0.6) is 0 Å². The van der Waals surface area contributed by atoms with Crippen molar-refractivity contribution in [3.8, 4) is 0 Å². The molecule has 2 nitrogen and oxygen atoms in total. The molecule has 0 amide bonds. The highest BCUT2D eigenvalue weighted by Gasteiger charge is 2.29. The summed E-state index contributed by atoms with van der Waals surface area (Å²) in [6.45, 7) is 9.22. The van der Waals surface area contributed by atoms with E-state index in [4.69, 9.17) is 9.47 Å². The van der Waals surface area contributed by atoms with Crippen molar-refractivity contribution in [3.05, 3.63) is 0 Å². The lowest BCUT2D eigenvalue weighted by atomic mass is 9.88.